The number of nitrogens with two attached hydrogens (primary N) is 1. The molecule has 0 amide bonds. The van der Waals surface area contributed by atoms with Gasteiger partial charge in [-0.15, -0.1) is 0 Å². The van der Waals surface area contributed by atoms with E-state index in [-0.39, 0.29) is 12.3 Å². The van der Waals surface area contributed by atoms with Crippen molar-refractivity contribution >= 4 is 15.7 Å². The van der Waals surface area contributed by atoms with E-state index in [1.807, 2.05) is 6.07 Å². The number of nitrogens with one attached hydrogen (secondary N) is 1. The van der Waals surface area contributed by atoms with Gasteiger partial charge < -0.3 is 5.32 Å². The summed E-state index contributed by atoms with van der Waals surface area (Å²) in [7, 11) is -3.48. The Morgan fingerprint density at radius 1 is 1.60 bits per heavy atom. The van der Waals surface area contributed by atoms with Gasteiger partial charge in [-0.3, -0.25) is 4.98 Å². The van der Waals surface area contributed by atoms with Crippen molar-refractivity contribution in [1.29, 1.82) is 5.26 Å². The van der Waals surface area contributed by atoms with Gasteiger partial charge in [0.1, 0.15) is 6.07 Å². The molecule has 0 aliphatic rings. The second-order valence-corrected chi connectivity index (χ2v) is 4.56. The van der Waals surface area contributed by atoms with E-state index in [9.17, 15) is 8.42 Å². The fraction of sp³-hybridized carbons (Fsp3) is 0.250. The fourth-order valence-corrected chi connectivity index (χ4v) is 1.35. The number of aromatic nitrogens is 1. The minimum atomic E-state index is -3.48. The van der Waals surface area contributed by atoms with Crippen molar-refractivity contribution in [1.82, 2.24) is 4.98 Å². The van der Waals surface area contributed by atoms with Gasteiger partial charge in [0.05, 0.1) is 23.2 Å². The van der Waals surface area contributed by atoms with Crippen LogP contribution in [0.4, 0.5) is 5.69 Å². The van der Waals surface area contributed by atoms with Gasteiger partial charge >= 0.3 is 0 Å². The summed E-state index contributed by atoms with van der Waals surface area (Å²) in [5.41, 5.74) is 0.920. The third kappa shape index (κ3) is 3.93. The Kier molecular flexibility index (Phi) is 3.60. The van der Waals surface area contributed by atoms with Crippen molar-refractivity contribution in [3.05, 3.63) is 24.0 Å². The molecule has 0 atom stereocenters. The van der Waals surface area contributed by atoms with Crippen molar-refractivity contribution in [2.45, 2.75) is 0 Å². The van der Waals surface area contributed by atoms with Gasteiger partial charge in [0.2, 0.25) is 10.0 Å². The van der Waals surface area contributed by atoms with E-state index in [0.29, 0.717) is 11.3 Å². The number of hydrogen-bond donors (Lipinski definition) is 2. The maximum Gasteiger partial charge on any atom is 0.210 e. The van der Waals surface area contributed by atoms with Gasteiger partial charge in [-0.05, 0) is 6.07 Å². The number of sulfonamides is 1. The molecule has 80 valence electrons. The molecule has 0 spiro atoms. The summed E-state index contributed by atoms with van der Waals surface area (Å²) in [6.07, 6.45) is 2.95. The highest BCUT2D eigenvalue weighted by atomic mass is 32.2. The molecule has 7 heteroatoms. The standard InChI is InChI=1S/C8H10N4O2S/c9-5-7-1-2-11-6-8(7)12-3-4-15(10,13)14/h1-2,6,12H,3-4H2,(H2,10,13,14). The zero-order valence-electron chi connectivity index (χ0n) is 7.84. The molecule has 0 aromatic carbocycles. The maximum atomic E-state index is 10.6. The van der Waals surface area contributed by atoms with Crippen LogP contribution in [0.1, 0.15) is 5.56 Å². The minimum absolute atomic E-state index is 0.152. The van der Waals surface area contributed by atoms with Crippen molar-refractivity contribution < 1.29 is 8.42 Å². The molecule has 1 aromatic heterocycles. The lowest BCUT2D eigenvalue weighted by molar-refractivity contribution is 0.598. The molecule has 0 unspecified atom stereocenters. The molecular formula is C8H10N4O2S. The van der Waals surface area contributed by atoms with Crippen LogP contribution in [0.2, 0.25) is 0 Å². The summed E-state index contributed by atoms with van der Waals surface area (Å²) in [6, 6.07) is 3.50. The van der Waals surface area contributed by atoms with E-state index >= 15 is 0 Å². The van der Waals surface area contributed by atoms with E-state index in [4.69, 9.17) is 10.4 Å². The van der Waals surface area contributed by atoms with Crippen LogP contribution in [0.15, 0.2) is 18.5 Å². The van der Waals surface area contributed by atoms with Crippen LogP contribution in [0.25, 0.3) is 0 Å². The predicted octanol–water partition coefficient (Wildman–Crippen LogP) is -0.346. The Morgan fingerprint density at radius 3 is 2.93 bits per heavy atom. The maximum absolute atomic E-state index is 10.6. The highest BCUT2D eigenvalue weighted by molar-refractivity contribution is 7.89. The highest BCUT2D eigenvalue weighted by Crippen LogP contribution is 2.10. The van der Waals surface area contributed by atoms with Crippen molar-refractivity contribution in [2.24, 2.45) is 5.14 Å². The number of anilines is 1. The van der Waals surface area contributed by atoms with E-state index < -0.39 is 10.0 Å². The number of rotatable bonds is 4. The normalized spacial score (nSPS) is 10.7. The smallest absolute Gasteiger partial charge is 0.210 e. The monoisotopic (exact) mass is 226 g/mol. The van der Waals surface area contributed by atoms with Gasteiger partial charge in [-0.25, -0.2) is 13.6 Å². The molecule has 0 saturated heterocycles. The van der Waals surface area contributed by atoms with Crippen LogP contribution in [0.3, 0.4) is 0 Å². The van der Waals surface area contributed by atoms with Gasteiger partial charge in [0, 0.05) is 12.7 Å². The minimum Gasteiger partial charge on any atom is -0.382 e. The lowest BCUT2D eigenvalue weighted by atomic mass is 10.2. The lowest BCUT2D eigenvalue weighted by Crippen LogP contribution is -2.22. The first-order chi connectivity index (χ1) is 7.03. The van der Waals surface area contributed by atoms with Gasteiger partial charge in [-0.2, -0.15) is 5.26 Å². The molecule has 0 fully saturated rings. The van der Waals surface area contributed by atoms with Crippen molar-refractivity contribution in [2.75, 3.05) is 17.6 Å². The van der Waals surface area contributed by atoms with Crippen molar-refractivity contribution in [3.63, 3.8) is 0 Å². The lowest BCUT2D eigenvalue weighted by Gasteiger charge is -2.05. The Bertz CT molecular complexity index is 478. The topological polar surface area (TPSA) is 109 Å². The number of pyridine rings is 1. The Labute approximate surface area is 87.8 Å². The summed E-state index contributed by atoms with van der Waals surface area (Å²) < 4.78 is 21.3. The second-order valence-electron chi connectivity index (χ2n) is 2.83. The van der Waals surface area contributed by atoms with Gasteiger partial charge in [-0.1, -0.05) is 0 Å². The molecule has 3 N–H and O–H groups in total. The predicted molar refractivity (Wildman–Crippen MR) is 55.4 cm³/mol. The number of primary sulfonamides is 1. The first-order valence-corrected chi connectivity index (χ1v) is 5.83. The first kappa shape index (κ1) is 11.4. The Balaban J connectivity index is 2.63. The van der Waals surface area contributed by atoms with E-state index in [2.05, 4.69) is 10.3 Å². The van der Waals surface area contributed by atoms with E-state index in [0.717, 1.165) is 0 Å². The number of nitrogens with zero attached hydrogens (tertiary/aromatic N) is 2. The molecule has 6 nitrogen and oxygen atoms in total. The average molecular weight is 226 g/mol. The largest absolute Gasteiger partial charge is 0.382 e. The zero-order chi connectivity index (χ0) is 11.3. The molecule has 0 aliphatic heterocycles. The third-order valence-corrected chi connectivity index (χ3v) is 2.42. The van der Waals surface area contributed by atoms with Gasteiger partial charge in [0.25, 0.3) is 0 Å². The molecular weight excluding hydrogens is 216 g/mol. The number of hydrogen-bond acceptors (Lipinski definition) is 5. The summed E-state index contributed by atoms with van der Waals surface area (Å²) >= 11 is 0. The van der Waals surface area contributed by atoms with E-state index in [1.165, 1.54) is 12.4 Å². The van der Waals surface area contributed by atoms with Crippen LogP contribution in [-0.4, -0.2) is 25.7 Å². The quantitative estimate of drug-likeness (QED) is 0.729. The molecule has 0 saturated carbocycles. The SMILES string of the molecule is N#Cc1ccncc1NCCS(N)(=O)=O. The molecule has 0 bridgehead atoms. The summed E-state index contributed by atoms with van der Waals surface area (Å²) in [6.45, 7) is 0.152. The average Bonchev–Trinajstić information content (AvgIpc) is 2.16. The second kappa shape index (κ2) is 4.72. The summed E-state index contributed by atoms with van der Waals surface area (Å²) in [5.74, 6) is -0.188. The van der Waals surface area contributed by atoms with Gasteiger partial charge in [0.15, 0.2) is 0 Å². The zero-order valence-corrected chi connectivity index (χ0v) is 8.66. The molecule has 0 aliphatic carbocycles. The Hall–Kier alpha value is -1.65. The van der Waals surface area contributed by atoms with E-state index in [1.54, 1.807) is 6.07 Å². The van der Waals surface area contributed by atoms with Crippen LogP contribution in [0.5, 0.6) is 0 Å². The fourth-order valence-electron chi connectivity index (χ4n) is 0.961. The van der Waals surface area contributed by atoms with Crippen LogP contribution in [0, 0.1) is 11.3 Å². The van der Waals surface area contributed by atoms with Crippen LogP contribution >= 0.6 is 0 Å². The summed E-state index contributed by atoms with van der Waals surface area (Å²) in [4.78, 5) is 3.81. The van der Waals surface area contributed by atoms with Crippen molar-refractivity contribution in [3.8, 4) is 6.07 Å². The number of nitriles is 1. The molecule has 15 heavy (non-hydrogen) atoms. The summed E-state index contributed by atoms with van der Waals surface area (Å²) in [5, 5.41) is 16.3. The third-order valence-electron chi connectivity index (χ3n) is 1.64. The molecule has 1 aromatic rings. The molecule has 1 heterocycles. The Morgan fingerprint density at radius 2 is 2.33 bits per heavy atom. The van der Waals surface area contributed by atoms with Crippen LogP contribution < -0.4 is 10.5 Å². The highest BCUT2D eigenvalue weighted by Gasteiger charge is 2.04. The first-order valence-electron chi connectivity index (χ1n) is 4.11. The molecule has 1 rings (SSSR count). The molecule has 0 radical (unpaired) electrons. The van der Waals surface area contributed by atoms with Crippen LogP contribution in [-0.2, 0) is 10.0 Å².